The highest BCUT2D eigenvalue weighted by atomic mass is 16.5. The number of hydrogen-bond acceptors (Lipinski definition) is 5. The van der Waals surface area contributed by atoms with E-state index in [4.69, 9.17) is 4.74 Å². The highest BCUT2D eigenvalue weighted by Gasteiger charge is 2.44. The van der Waals surface area contributed by atoms with E-state index >= 15 is 0 Å². The maximum atomic E-state index is 11.9. The molecule has 0 saturated carbocycles. The lowest BCUT2D eigenvalue weighted by atomic mass is 9.73. The fraction of sp³-hybridized carbons (Fsp3) is 0.429. The summed E-state index contributed by atoms with van der Waals surface area (Å²) in [4.78, 5) is 18.7. The van der Waals surface area contributed by atoms with E-state index in [2.05, 4.69) is 22.5 Å². The molecule has 5 atom stereocenters. The fourth-order valence-corrected chi connectivity index (χ4v) is 4.62. The van der Waals surface area contributed by atoms with Gasteiger partial charge in [0.15, 0.2) is 0 Å². The van der Waals surface area contributed by atoms with Crippen molar-refractivity contribution in [3.05, 3.63) is 48.7 Å². The van der Waals surface area contributed by atoms with E-state index in [1.165, 1.54) is 6.92 Å². The van der Waals surface area contributed by atoms with Crippen molar-refractivity contribution in [1.82, 2.24) is 9.88 Å². The molecule has 0 amide bonds. The van der Waals surface area contributed by atoms with Crippen LogP contribution in [0, 0.1) is 11.8 Å². The molecular formula is C21H24N2O3. The number of aromatic hydroxyl groups is 1. The van der Waals surface area contributed by atoms with Crippen LogP contribution in [0.25, 0.3) is 10.9 Å². The predicted molar refractivity (Wildman–Crippen MR) is 99.7 cm³/mol. The molecule has 1 aromatic heterocycles. The lowest BCUT2D eigenvalue weighted by Crippen LogP contribution is -2.55. The number of aromatic nitrogens is 1. The zero-order chi connectivity index (χ0) is 18.3. The molecule has 4 heterocycles. The smallest absolute Gasteiger partial charge is 0.303 e. The van der Waals surface area contributed by atoms with Crippen molar-refractivity contribution in [3.63, 3.8) is 0 Å². The van der Waals surface area contributed by atoms with E-state index in [1.54, 1.807) is 24.4 Å². The molecule has 5 rings (SSSR count). The van der Waals surface area contributed by atoms with Crippen molar-refractivity contribution in [1.29, 1.82) is 0 Å². The third-order valence-corrected chi connectivity index (χ3v) is 5.86. The van der Waals surface area contributed by atoms with Crippen LogP contribution >= 0.6 is 0 Å². The molecule has 3 aliphatic heterocycles. The second-order valence-electron chi connectivity index (χ2n) is 7.38. The number of phenolic OH excluding ortho intramolecular Hbond substituents is 1. The van der Waals surface area contributed by atoms with Crippen LogP contribution in [0.1, 0.15) is 31.4 Å². The zero-order valence-corrected chi connectivity index (χ0v) is 15.0. The first-order chi connectivity index (χ1) is 12.6. The minimum absolute atomic E-state index is 0.141. The third kappa shape index (κ3) is 2.97. The Bertz CT molecular complexity index is 850. The number of benzene rings is 1. The molecule has 0 spiro atoms. The van der Waals surface area contributed by atoms with E-state index in [0.29, 0.717) is 11.8 Å². The summed E-state index contributed by atoms with van der Waals surface area (Å²) in [6, 6.07) is 7.17. The van der Waals surface area contributed by atoms with Gasteiger partial charge in [0.2, 0.25) is 0 Å². The first kappa shape index (κ1) is 17.0. The lowest BCUT2D eigenvalue weighted by molar-refractivity contribution is -0.154. The molecule has 3 aliphatic rings. The molecule has 26 heavy (non-hydrogen) atoms. The SMILES string of the molecule is C=C[C@H]1CN2CC[C@H]1C[C@@H]2[C@@H](OC(C)=O)c1ccnc2ccc(O)cc12. The van der Waals surface area contributed by atoms with Gasteiger partial charge in [0.25, 0.3) is 0 Å². The van der Waals surface area contributed by atoms with Gasteiger partial charge in [-0.2, -0.15) is 0 Å². The first-order valence-corrected chi connectivity index (χ1v) is 9.18. The Kier molecular flexibility index (Phi) is 4.41. The standard InChI is InChI=1S/C21H24N2O3/c1-3-14-12-23-9-7-15(14)10-20(23)21(26-13(2)24)17-6-8-22-19-5-4-16(25)11-18(17)19/h3-6,8,11,14-15,20-21,25H,1,7,9-10,12H2,2H3/t14-,15-,20+,21-/m0/s1. The highest BCUT2D eigenvalue weighted by Crippen LogP contribution is 2.43. The van der Waals surface area contributed by atoms with Gasteiger partial charge < -0.3 is 9.84 Å². The zero-order valence-electron chi connectivity index (χ0n) is 15.0. The van der Waals surface area contributed by atoms with Crippen LogP contribution in [-0.4, -0.2) is 40.1 Å². The molecule has 1 aromatic carbocycles. The first-order valence-electron chi connectivity index (χ1n) is 9.18. The molecule has 136 valence electrons. The van der Waals surface area contributed by atoms with Crippen LogP contribution in [0.2, 0.25) is 0 Å². The maximum absolute atomic E-state index is 11.9. The Morgan fingerprint density at radius 2 is 2.31 bits per heavy atom. The second-order valence-corrected chi connectivity index (χ2v) is 7.38. The minimum atomic E-state index is -0.367. The molecule has 5 heteroatoms. The van der Waals surface area contributed by atoms with Crippen molar-refractivity contribution in [2.45, 2.75) is 31.9 Å². The van der Waals surface area contributed by atoms with E-state index in [1.807, 2.05) is 6.07 Å². The maximum Gasteiger partial charge on any atom is 0.303 e. The highest BCUT2D eigenvalue weighted by molar-refractivity contribution is 5.84. The molecule has 3 saturated heterocycles. The lowest BCUT2D eigenvalue weighted by Gasteiger charge is -2.51. The van der Waals surface area contributed by atoms with Crippen LogP contribution in [-0.2, 0) is 9.53 Å². The quantitative estimate of drug-likeness (QED) is 0.675. The Morgan fingerprint density at radius 1 is 1.46 bits per heavy atom. The van der Waals surface area contributed by atoms with Crippen molar-refractivity contribution < 1.29 is 14.6 Å². The number of carbonyl (C=O) groups excluding carboxylic acids is 1. The molecule has 2 bridgehead atoms. The Morgan fingerprint density at radius 3 is 3.00 bits per heavy atom. The van der Waals surface area contributed by atoms with Crippen molar-refractivity contribution >= 4 is 16.9 Å². The Hall–Kier alpha value is -2.40. The number of carbonyl (C=O) groups is 1. The molecule has 1 unspecified atom stereocenters. The topological polar surface area (TPSA) is 62.7 Å². The number of hydrogen-bond donors (Lipinski definition) is 1. The van der Waals surface area contributed by atoms with Crippen molar-refractivity contribution in [2.75, 3.05) is 13.1 Å². The Balaban J connectivity index is 1.76. The predicted octanol–water partition coefficient (Wildman–Crippen LogP) is 3.44. The van der Waals surface area contributed by atoms with Crippen LogP contribution in [0.5, 0.6) is 5.75 Å². The van der Waals surface area contributed by atoms with E-state index in [-0.39, 0.29) is 23.9 Å². The summed E-state index contributed by atoms with van der Waals surface area (Å²) < 4.78 is 5.83. The number of pyridine rings is 1. The van der Waals surface area contributed by atoms with Crippen LogP contribution in [0.3, 0.4) is 0 Å². The summed E-state index contributed by atoms with van der Waals surface area (Å²) in [5.41, 5.74) is 1.70. The van der Waals surface area contributed by atoms with Gasteiger partial charge in [-0.05, 0) is 55.5 Å². The van der Waals surface area contributed by atoms with E-state index in [9.17, 15) is 9.90 Å². The second kappa shape index (κ2) is 6.72. The van der Waals surface area contributed by atoms with E-state index < -0.39 is 0 Å². The molecule has 0 radical (unpaired) electrons. The molecule has 2 aromatic rings. The monoisotopic (exact) mass is 352 g/mol. The van der Waals surface area contributed by atoms with Gasteiger partial charge in [-0.3, -0.25) is 14.7 Å². The number of piperidine rings is 3. The molecule has 1 N–H and O–H groups in total. The van der Waals surface area contributed by atoms with Crippen LogP contribution in [0.4, 0.5) is 0 Å². The molecule has 3 fully saturated rings. The minimum Gasteiger partial charge on any atom is -0.508 e. The summed E-state index contributed by atoms with van der Waals surface area (Å²) in [5, 5.41) is 10.8. The molecular weight excluding hydrogens is 328 g/mol. The fourth-order valence-electron chi connectivity index (χ4n) is 4.62. The van der Waals surface area contributed by atoms with Gasteiger partial charge >= 0.3 is 5.97 Å². The van der Waals surface area contributed by atoms with Gasteiger partial charge in [0, 0.05) is 30.6 Å². The van der Waals surface area contributed by atoms with Crippen molar-refractivity contribution in [2.24, 2.45) is 11.8 Å². The van der Waals surface area contributed by atoms with Gasteiger partial charge in [0.1, 0.15) is 11.9 Å². The normalized spacial score (nSPS) is 28.7. The number of fused-ring (bicyclic) bond motifs is 4. The molecule has 5 nitrogen and oxygen atoms in total. The number of ether oxygens (including phenoxy) is 1. The number of esters is 1. The Labute approximate surface area is 153 Å². The summed E-state index contributed by atoms with van der Waals surface area (Å²) in [6.45, 7) is 7.42. The molecule has 0 aliphatic carbocycles. The summed E-state index contributed by atoms with van der Waals surface area (Å²) in [7, 11) is 0. The average Bonchev–Trinajstić information content (AvgIpc) is 2.65. The average molecular weight is 352 g/mol. The number of phenols is 1. The third-order valence-electron chi connectivity index (χ3n) is 5.86. The van der Waals surface area contributed by atoms with Gasteiger partial charge in [-0.25, -0.2) is 0 Å². The van der Waals surface area contributed by atoms with Crippen LogP contribution < -0.4 is 0 Å². The van der Waals surface area contributed by atoms with Gasteiger partial charge in [-0.15, -0.1) is 6.58 Å². The van der Waals surface area contributed by atoms with Gasteiger partial charge in [0.05, 0.1) is 11.6 Å². The van der Waals surface area contributed by atoms with Crippen molar-refractivity contribution in [3.8, 4) is 5.75 Å². The van der Waals surface area contributed by atoms with Gasteiger partial charge in [-0.1, -0.05) is 6.08 Å². The number of nitrogens with zero attached hydrogens (tertiary/aromatic N) is 2. The number of rotatable bonds is 4. The largest absolute Gasteiger partial charge is 0.508 e. The van der Waals surface area contributed by atoms with E-state index in [0.717, 1.165) is 42.4 Å². The van der Waals surface area contributed by atoms with Crippen LogP contribution in [0.15, 0.2) is 43.1 Å². The summed E-state index contributed by atoms with van der Waals surface area (Å²) in [6.07, 6.45) is 5.59. The summed E-state index contributed by atoms with van der Waals surface area (Å²) >= 11 is 0. The summed E-state index contributed by atoms with van der Waals surface area (Å²) in [5.74, 6) is 0.992.